The summed E-state index contributed by atoms with van der Waals surface area (Å²) in [6.07, 6.45) is 3.41. The first-order valence-corrected chi connectivity index (χ1v) is 9.47. The fourth-order valence-electron chi connectivity index (χ4n) is 3.23. The lowest BCUT2D eigenvalue weighted by molar-refractivity contribution is 0.0588. The molecule has 1 aliphatic rings. The summed E-state index contributed by atoms with van der Waals surface area (Å²) in [6.45, 7) is 3.26. The molecule has 1 aliphatic heterocycles. The number of aryl methyl sites for hydroxylation is 1. The van der Waals surface area contributed by atoms with E-state index in [4.69, 9.17) is 4.74 Å². The van der Waals surface area contributed by atoms with E-state index in [2.05, 4.69) is 4.98 Å². The third-order valence-corrected chi connectivity index (χ3v) is 5.31. The van der Waals surface area contributed by atoms with Gasteiger partial charge in [0.2, 0.25) is 0 Å². The molecule has 134 valence electrons. The largest absolute Gasteiger partial charge is 0.490 e. The van der Waals surface area contributed by atoms with Gasteiger partial charge in [-0.3, -0.25) is 14.0 Å². The van der Waals surface area contributed by atoms with Crippen LogP contribution in [0.2, 0.25) is 0 Å². The molecule has 2 aromatic heterocycles. The van der Waals surface area contributed by atoms with Crippen molar-refractivity contribution in [3.05, 3.63) is 63.5 Å². The fourth-order valence-corrected chi connectivity index (χ4v) is 3.95. The van der Waals surface area contributed by atoms with Crippen LogP contribution in [-0.2, 0) is 0 Å². The number of ether oxygens (including phenoxy) is 1. The first-order chi connectivity index (χ1) is 12.6. The number of thiazole rings is 1. The number of rotatable bonds is 3. The highest BCUT2D eigenvalue weighted by molar-refractivity contribution is 7.15. The lowest BCUT2D eigenvalue weighted by Gasteiger charge is -2.32. The summed E-state index contributed by atoms with van der Waals surface area (Å²) in [5.74, 6) is 0.738. The number of carbonyl (C=O) groups excluding carboxylic acids is 1. The van der Waals surface area contributed by atoms with E-state index < -0.39 is 0 Å². The molecular formula is C19H19N3O3S. The highest BCUT2D eigenvalue weighted by Gasteiger charge is 2.26. The second-order valence-corrected chi connectivity index (χ2v) is 7.33. The van der Waals surface area contributed by atoms with Crippen molar-refractivity contribution in [1.82, 2.24) is 14.3 Å². The number of amides is 1. The molecule has 26 heavy (non-hydrogen) atoms. The lowest BCUT2D eigenvalue weighted by Crippen LogP contribution is -2.42. The highest BCUT2D eigenvalue weighted by atomic mass is 32.1. The Hall–Kier alpha value is -2.67. The summed E-state index contributed by atoms with van der Waals surface area (Å²) < 4.78 is 7.73. The van der Waals surface area contributed by atoms with E-state index in [0.29, 0.717) is 23.7 Å². The maximum Gasteiger partial charge on any atom is 0.274 e. The lowest BCUT2D eigenvalue weighted by atomic mass is 10.1. The van der Waals surface area contributed by atoms with Crippen LogP contribution in [-0.4, -0.2) is 39.4 Å². The van der Waals surface area contributed by atoms with E-state index in [1.54, 1.807) is 15.5 Å². The third-order valence-electron chi connectivity index (χ3n) is 4.56. The van der Waals surface area contributed by atoms with Crippen molar-refractivity contribution in [3.63, 3.8) is 0 Å². The van der Waals surface area contributed by atoms with Crippen molar-refractivity contribution in [2.24, 2.45) is 0 Å². The zero-order valence-corrected chi connectivity index (χ0v) is 15.2. The minimum Gasteiger partial charge on any atom is -0.490 e. The molecule has 1 amide bonds. The minimum atomic E-state index is -0.381. The molecule has 7 heteroatoms. The summed E-state index contributed by atoms with van der Waals surface area (Å²) in [5.41, 5.74) is 1.16. The number of piperidine rings is 1. The second kappa shape index (κ2) is 6.92. The van der Waals surface area contributed by atoms with Crippen LogP contribution in [0.4, 0.5) is 0 Å². The Labute approximate surface area is 154 Å². The predicted molar refractivity (Wildman–Crippen MR) is 100 cm³/mol. The molecule has 0 unspecified atom stereocenters. The van der Waals surface area contributed by atoms with Crippen molar-refractivity contribution in [3.8, 4) is 5.75 Å². The molecule has 3 aromatic rings. The van der Waals surface area contributed by atoms with E-state index in [1.165, 1.54) is 17.4 Å². The van der Waals surface area contributed by atoms with Gasteiger partial charge in [0.25, 0.3) is 11.5 Å². The smallest absolute Gasteiger partial charge is 0.274 e. The monoisotopic (exact) mass is 369 g/mol. The molecule has 1 fully saturated rings. The minimum absolute atomic E-state index is 0.0992. The van der Waals surface area contributed by atoms with Crippen LogP contribution in [0.1, 0.15) is 28.9 Å². The summed E-state index contributed by atoms with van der Waals surface area (Å²) in [4.78, 5) is 30.9. The van der Waals surface area contributed by atoms with Crippen molar-refractivity contribution in [1.29, 1.82) is 0 Å². The normalized spacial score (nSPS) is 15.3. The molecule has 1 saturated heterocycles. The Morgan fingerprint density at radius 2 is 2.08 bits per heavy atom. The molecule has 0 saturated carbocycles. The molecule has 0 radical (unpaired) electrons. The standard InChI is InChI=1S/C19H19N3O3S/c1-13-3-2-4-15(11-13)25-14-5-7-21(8-6-14)18(24)16-12-17(23)20-19-22(16)9-10-26-19/h2-4,9-12,14H,5-8H2,1H3. The number of hydrogen-bond acceptors (Lipinski definition) is 5. The van der Waals surface area contributed by atoms with Crippen molar-refractivity contribution in [2.75, 3.05) is 13.1 Å². The van der Waals surface area contributed by atoms with Gasteiger partial charge in [0.1, 0.15) is 17.5 Å². The number of carbonyl (C=O) groups is 1. The number of benzene rings is 1. The Morgan fingerprint density at radius 3 is 2.85 bits per heavy atom. The molecule has 4 rings (SSSR count). The van der Waals surface area contributed by atoms with Gasteiger partial charge in [-0.2, -0.15) is 4.98 Å². The van der Waals surface area contributed by atoms with Gasteiger partial charge in [0.15, 0.2) is 4.96 Å². The van der Waals surface area contributed by atoms with E-state index in [9.17, 15) is 9.59 Å². The molecule has 6 nitrogen and oxygen atoms in total. The number of aromatic nitrogens is 2. The number of fused-ring (bicyclic) bond motifs is 1. The summed E-state index contributed by atoms with van der Waals surface area (Å²) in [7, 11) is 0. The Bertz CT molecular complexity index is 1000. The Balaban J connectivity index is 1.45. The van der Waals surface area contributed by atoms with Crippen LogP contribution < -0.4 is 10.3 Å². The number of likely N-dealkylation sites (tertiary alicyclic amines) is 1. The van der Waals surface area contributed by atoms with E-state index in [-0.39, 0.29) is 17.6 Å². The third kappa shape index (κ3) is 3.35. The topological polar surface area (TPSA) is 63.9 Å². The first kappa shape index (κ1) is 16.8. The van der Waals surface area contributed by atoms with Gasteiger partial charge < -0.3 is 9.64 Å². The average Bonchev–Trinajstić information content (AvgIpc) is 3.09. The van der Waals surface area contributed by atoms with Crippen LogP contribution in [0, 0.1) is 6.92 Å². The Morgan fingerprint density at radius 1 is 1.27 bits per heavy atom. The van der Waals surface area contributed by atoms with E-state index in [0.717, 1.165) is 24.2 Å². The van der Waals surface area contributed by atoms with Gasteiger partial charge in [-0.1, -0.05) is 12.1 Å². The molecule has 0 aliphatic carbocycles. The first-order valence-electron chi connectivity index (χ1n) is 8.60. The van der Waals surface area contributed by atoms with Gasteiger partial charge >= 0.3 is 0 Å². The van der Waals surface area contributed by atoms with Crippen molar-refractivity contribution in [2.45, 2.75) is 25.9 Å². The average molecular weight is 369 g/mol. The second-order valence-electron chi connectivity index (χ2n) is 6.46. The SMILES string of the molecule is Cc1cccc(OC2CCN(C(=O)c3cc(=O)nc4sccn34)CC2)c1. The maximum atomic E-state index is 12.9. The van der Waals surface area contributed by atoms with Crippen LogP contribution in [0.25, 0.3) is 4.96 Å². The summed E-state index contributed by atoms with van der Waals surface area (Å²) in [6, 6.07) is 9.32. The molecular weight excluding hydrogens is 350 g/mol. The Kier molecular flexibility index (Phi) is 4.46. The zero-order valence-electron chi connectivity index (χ0n) is 14.4. The van der Waals surface area contributed by atoms with Gasteiger partial charge in [-0.25, -0.2) is 0 Å². The number of nitrogens with zero attached hydrogens (tertiary/aromatic N) is 3. The zero-order chi connectivity index (χ0) is 18.1. The van der Waals surface area contributed by atoms with Gasteiger partial charge in [0.05, 0.1) is 0 Å². The van der Waals surface area contributed by atoms with Crippen LogP contribution >= 0.6 is 11.3 Å². The molecule has 0 spiro atoms. The number of hydrogen-bond donors (Lipinski definition) is 0. The molecule has 3 heterocycles. The quantitative estimate of drug-likeness (QED) is 0.712. The maximum absolute atomic E-state index is 12.9. The summed E-state index contributed by atoms with van der Waals surface area (Å²) >= 11 is 1.34. The van der Waals surface area contributed by atoms with Crippen LogP contribution in [0.15, 0.2) is 46.7 Å². The highest BCUT2D eigenvalue weighted by Crippen LogP contribution is 2.21. The predicted octanol–water partition coefficient (Wildman–Crippen LogP) is 2.75. The fraction of sp³-hybridized carbons (Fsp3) is 0.316. The van der Waals surface area contributed by atoms with Crippen molar-refractivity contribution < 1.29 is 9.53 Å². The van der Waals surface area contributed by atoms with Gasteiger partial charge in [-0.15, -0.1) is 11.3 Å². The summed E-state index contributed by atoms with van der Waals surface area (Å²) in [5, 5.41) is 1.82. The van der Waals surface area contributed by atoms with E-state index in [1.807, 2.05) is 36.6 Å². The van der Waals surface area contributed by atoms with Gasteiger partial charge in [-0.05, 0) is 24.6 Å². The van der Waals surface area contributed by atoms with Crippen molar-refractivity contribution >= 4 is 22.2 Å². The van der Waals surface area contributed by atoms with Crippen LogP contribution in [0.5, 0.6) is 5.75 Å². The molecule has 0 atom stereocenters. The molecule has 0 N–H and O–H groups in total. The molecule has 0 bridgehead atoms. The molecule has 1 aromatic carbocycles. The van der Waals surface area contributed by atoms with Crippen LogP contribution in [0.3, 0.4) is 0 Å². The van der Waals surface area contributed by atoms with E-state index >= 15 is 0 Å². The van der Waals surface area contributed by atoms with Gasteiger partial charge in [0, 0.05) is 43.6 Å².